The maximum atomic E-state index is 4.38. The van der Waals surface area contributed by atoms with Crippen molar-refractivity contribution in [2.24, 2.45) is 0 Å². The Labute approximate surface area is 90.8 Å². The predicted molar refractivity (Wildman–Crippen MR) is 63.8 cm³/mol. The average molecular weight is 197 g/mol. The Hall–Kier alpha value is -1.63. The van der Waals surface area contributed by atoms with E-state index in [0.29, 0.717) is 0 Å². The lowest BCUT2D eigenvalue weighted by Crippen LogP contribution is -1.91. The molecule has 0 saturated carbocycles. The fourth-order valence-corrected chi connectivity index (χ4v) is 1.69. The Morgan fingerprint density at radius 3 is 2.53 bits per heavy atom. The third kappa shape index (κ3) is 2.07. The van der Waals surface area contributed by atoms with Crippen molar-refractivity contribution in [2.45, 2.75) is 20.3 Å². The summed E-state index contributed by atoms with van der Waals surface area (Å²) in [6, 6.07) is 12.6. The van der Waals surface area contributed by atoms with Crippen molar-refractivity contribution in [3.63, 3.8) is 0 Å². The first-order valence-electron chi connectivity index (χ1n) is 5.32. The summed E-state index contributed by atoms with van der Waals surface area (Å²) in [5, 5.41) is 0. The molecule has 1 nitrogen and oxygen atoms in total. The molecule has 1 heterocycles. The van der Waals surface area contributed by atoms with E-state index in [1.54, 1.807) is 0 Å². The minimum Gasteiger partial charge on any atom is -0.261 e. The van der Waals surface area contributed by atoms with Crippen LogP contribution in [0.3, 0.4) is 0 Å². The SMILES string of the molecule is CCc1cc(-c2ccccc2)c(C)cn1. The summed E-state index contributed by atoms with van der Waals surface area (Å²) in [6.45, 7) is 4.24. The zero-order valence-corrected chi connectivity index (χ0v) is 9.20. The fourth-order valence-electron chi connectivity index (χ4n) is 1.69. The fraction of sp³-hybridized carbons (Fsp3) is 0.214. The molecule has 0 spiro atoms. The summed E-state index contributed by atoms with van der Waals surface area (Å²) in [5.41, 5.74) is 4.95. The summed E-state index contributed by atoms with van der Waals surface area (Å²) >= 11 is 0. The van der Waals surface area contributed by atoms with Crippen LogP contribution in [-0.4, -0.2) is 4.98 Å². The van der Waals surface area contributed by atoms with E-state index in [-0.39, 0.29) is 0 Å². The smallest absolute Gasteiger partial charge is 0.0407 e. The number of aryl methyl sites for hydroxylation is 2. The van der Waals surface area contributed by atoms with Crippen molar-refractivity contribution in [1.29, 1.82) is 0 Å². The van der Waals surface area contributed by atoms with Crippen molar-refractivity contribution >= 4 is 0 Å². The Balaban J connectivity index is 2.52. The summed E-state index contributed by atoms with van der Waals surface area (Å²) in [5.74, 6) is 0. The van der Waals surface area contributed by atoms with Crippen LogP contribution in [0.15, 0.2) is 42.6 Å². The number of hydrogen-bond acceptors (Lipinski definition) is 1. The van der Waals surface area contributed by atoms with E-state index in [4.69, 9.17) is 0 Å². The molecular weight excluding hydrogens is 182 g/mol. The molecule has 15 heavy (non-hydrogen) atoms. The Bertz CT molecular complexity index is 446. The Kier molecular flexibility index (Phi) is 2.82. The van der Waals surface area contributed by atoms with E-state index in [1.165, 1.54) is 16.7 Å². The topological polar surface area (TPSA) is 12.9 Å². The van der Waals surface area contributed by atoms with Gasteiger partial charge < -0.3 is 0 Å². The first kappa shape index (κ1) is 9.91. The summed E-state index contributed by atoms with van der Waals surface area (Å²) in [6.07, 6.45) is 2.95. The van der Waals surface area contributed by atoms with Crippen molar-refractivity contribution in [2.75, 3.05) is 0 Å². The van der Waals surface area contributed by atoms with E-state index in [0.717, 1.165) is 12.1 Å². The standard InChI is InChI=1S/C14H15N/c1-3-13-9-14(11(2)10-15-13)12-7-5-4-6-8-12/h4-10H,3H2,1-2H3. The molecule has 0 aliphatic heterocycles. The number of hydrogen-bond donors (Lipinski definition) is 0. The van der Waals surface area contributed by atoms with Gasteiger partial charge in [-0.15, -0.1) is 0 Å². The second-order valence-electron chi connectivity index (χ2n) is 3.71. The third-order valence-corrected chi connectivity index (χ3v) is 2.61. The number of aromatic nitrogens is 1. The van der Waals surface area contributed by atoms with E-state index >= 15 is 0 Å². The Morgan fingerprint density at radius 1 is 1.13 bits per heavy atom. The zero-order valence-electron chi connectivity index (χ0n) is 9.20. The van der Waals surface area contributed by atoms with Crippen LogP contribution in [0.4, 0.5) is 0 Å². The maximum Gasteiger partial charge on any atom is 0.0407 e. The highest BCUT2D eigenvalue weighted by Crippen LogP contribution is 2.23. The zero-order chi connectivity index (χ0) is 10.7. The lowest BCUT2D eigenvalue weighted by molar-refractivity contribution is 1.03. The van der Waals surface area contributed by atoms with Gasteiger partial charge in [0.05, 0.1) is 0 Å². The van der Waals surface area contributed by atoms with Crippen molar-refractivity contribution in [1.82, 2.24) is 4.98 Å². The molecule has 0 fully saturated rings. The molecule has 0 atom stereocenters. The van der Waals surface area contributed by atoms with Crippen molar-refractivity contribution in [3.8, 4) is 11.1 Å². The second kappa shape index (κ2) is 4.26. The number of benzene rings is 1. The normalized spacial score (nSPS) is 10.3. The molecule has 1 heteroatoms. The van der Waals surface area contributed by atoms with Crippen molar-refractivity contribution in [3.05, 3.63) is 53.9 Å². The molecule has 1 aromatic heterocycles. The lowest BCUT2D eigenvalue weighted by atomic mass is 10.0. The highest BCUT2D eigenvalue weighted by atomic mass is 14.7. The predicted octanol–water partition coefficient (Wildman–Crippen LogP) is 3.62. The quantitative estimate of drug-likeness (QED) is 0.716. The molecule has 0 aliphatic carbocycles. The van der Waals surface area contributed by atoms with Gasteiger partial charge in [0.15, 0.2) is 0 Å². The first-order chi connectivity index (χ1) is 7.31. The Morgan fingerprint density at radius 2 is 1.87 bits per heavy atom. The van der Waals surface area contributed by atoms with Crippen LogP contribution in [0.25, 0.3) is 11.1 Å². The van der Waals surface area contributed by atoms with E-state index in [1.807, 2.05) is 12.3 Å². The van der Waals surface area contributed by atoms with Crippen LogP contribution in [0.1, 0.15) is 18.2 Å². The van der Waals surface area contributed by atoms with Gasteiger partial charge in [0.25, 0.3) is 0 Å². The van der Waals surface area contributed by atoms with Gasteiger partial charge in [0.1, 0.15) is 0 Å². The molecule has 1 aromatic carbocycles. The second-order valence-corrected chi connectivity index (χ2v) is 3.71. The van der Waals surface area contributed by atoms with E-state index in [9.17, 15) is 0 Å². The van der Waals surface area contributed by atoms with E-state index in [2.05, 4.69) is 49.2 Å². The largest absolute Gasteiger partial charge is 0.261 e. The van der Waals surface area contributed by atoms with Crippen molar-refractivity contribution < 1.29 is 0 Å². The summed E-state index contributed by atoms with van der Waals surface area (Å²) in [7, 11) is 0. The molecule has 76 valence electrons. The van der Waals surface area contributed by atoms with Gasteiger partial charge in [-0.2, -0.15) is 0 Å². The van der Waals surface area contributed by atoms with Gasteiger partial charge >= 0.3 is 0 Å². The highest BCUT2D eigenvalue weighted by Gasteiger charge is 2.02. The molecular formula is C14H15N. The van der Waals surface area contributed by atoms with Crippen LogP contribution < -0.4 is 0 Å². The molecule has 2 aromatic rings. The van der Waals surface area contributed by atoms with Crippen LogP contribution in [0, 0.1) is 6.92 Å². The first-order valence-corrected chi connectivity index (χ1v) is 5.32. The summed E-state index contributed by atoms with van der Waals surface area (Å²) < 4.78 is 0. The third-order valence-electron chi connectivity index (χ3n) is 2.61. The average Bonchev–Trinajstić information content (AvgIpc) is 2.31. The van der Waals surface area contributed by atoms with Gasteiger partial charge in [-0.25, -0.2) is 0 Å². The van der Waals surface area contributed by atoms with Crippen LogP contribution in [-0.2, 0) is 6.42 Å². The summed E-state index contributed by atoms with van der Waals surface area (Å²) in [4.78, 5) is 4.38. The molecule has 0 N–H and O–H groups in total. The highest BCUT2D eigenvalue weighted by molar-refractivity contribution is 5.66. The van der Waals surface area contributed by atoms with Gasteiger partial charge in [-0.1, -0.05) is 37.3 Å². The lowest BCUT2D eigenvalue weighted by Gasteiger charge is -2.07. The van der Waals surface area contributed by atoms with Gasteiger partial charge in [0.2, 0.25) is 0 Å². The monoisotopic (exact) mass is 197 g/mol. The number of pyridine rings is 1. The molecule has 2 rings (SSSR count). The maximum absolute atomic E-state index is 4.38. The van der Waals surface area contributed by atoms with Gasteiger partial charge in [-0.3, -0.25) is 4.98 Å². The molecule has 0 radical (unpaired) electrons. The number of nitrogens with zero attached hydrogens (tertiary/aromatic N) is 1. The number of rotatable bonds is 2. The minimum absolute atomic E-state index is 0.986. The van der Waals surface area contributed by atoms with Crippen LogP contribution in [0.2, 0.25) is 0 Å². The van der Waals surface area contributed by atoms with E-state index < -0.39 is 0 Å². The van der Waals surface area contributed by atoms with Gasteiger partial charge in [-0.05, 0) is 36.1 Å². The minimum atomic E-state index is 0.986. The van der Waals surface area contributed by atoms with Crippen LogP contribution >= 0.6 is 0 Å². The van der Waals surface area contributed by atoms with Gasteiger partial charge in [0, 0.05) is 11.9 Å². The molecule has 0 unspecified atom stereocenters. The molecule has 0 aliphatic rings. The molecule has 0 bridgehead atoms. The molecule has 0 amide bonds. The van der Waals surface area contributed by atoms with Crippen LogP contribution in [0.5, 0.6) is 0 Å². The molecule has 0 saturated heterocycles.